The summed E-state index contributed by atoms with van der Waals surface area (Å²) in [5, 5.41) is 0. The van der Waals surface area contributed by atoms with Crippen molar-refractivity contribution < 1.29 is 20.1 Å². The second kappa shape index (κ2) is 21.4. The molecular weight excluding hydrogens is 1080 g/mol. The number of hydrogen-bond acceptors (Lipinski definition) is 3. The number of aromatic nitrogens is 3. The van der Waals surface area contributed by atoms with E-state index in [-0.39, 0.29) is 20.1 Å². The Balaban J connectivity index is 0.00000588. The molecule has 12 aromatic rings. The second-order valence-electron chi connectivity index (χ2n) is 18.2. The molecule has 0 N–H and O–H groups in total. The van der Waals surface area contributed by atoms with Crippen LogP contribution in [0.15, 0.2) is 261 Å². The number of nitrogens with zero attached hydrogens (tertiary/aromatic N) is 3. The average molecular weight is 1120 g/mol. The first-order valence-electron chi connectivity index (χ1n) is 24.5. The molecule has 0 radical (unpaired) electrons. The Morgan fingerprint density at radius 1 is 0.270 bits per heavy atom. The number of aryl methyl sites for hydroxylation is 1. The molecule has 12 rings (SSSR count). The zero-order valence-electron chi connectivity index (χ0n) is 40.5. The van der Waals surface area contributed by atoms with Crippen molar-refractivity contribution in [3.63, 3.8) is 0 Å². The molecular formula is C70H46IrN3. The molecule has 0 aliphatic carbocycles. The molecule has 74 heavy (non-hydrogen) atoms. The molecule has 0 saturated heterocycles. The Labute approximate surface area is 447 Å². The fraction of sp³-hybridized carbons (Fsp3) is 0.0143. The van der Waals surface area contributed by atoms with Crippen molar-refractivity contribution in [3.05, 3.63) is 285 Å². The summed E-state index contributed by atoms with van der Waals surface area (Å²) in [5.41, 5.74) is 24.6. The predicted molar refractivity (Wildman–Crippen MR) is 301 cm³/mol. The van der Waals surface area contributed by atoms with Crippen LogP contribution in [0.1, 0.15) is 5.56 Å². The van der Waals surface area contributed by atoms with Crippen molar-refractivity contribution in [2.24, 2.45) is 0 Å². The van der Waals surface area contributed by atoms with Crippen LogP contribution in [0.5, 0.6) is 0 Å². The maximum Gasteiger partial charge on any atom is 3.00 e. The van der Waals surface area contributed by atoms with Crippen molar-refractivity contribution in [2.45, 2.75) is 6.92 Å². The molecule has 0 aliphatic heterocycles. The number of pyridine rings is 3. The Hall–Kier alpha value is -8.92. The van der Waals surface area contributed by atoms with Crippen LogP contribution in [0.4, 0.5) is 0 Å². The minimum atomic E-state index is 0. The van der Waals surface area contributed by atoms with Gasteiger partial charge >= 0.3 is 20.1 Å². The number of benzene rings is 9. The zero-order chi connectivity index (χ0) is 48.9. The van der Waals surface area contributed by atoms with Crippen molar-refractivity contribution in [3.8, 4) is 123 Å². The molecule has 9 aromatic carbocycles. The van der Waals surface area contributed by atoms with Crippen molar-refractivity contribution >= 4 is 0 Å². The first-order chi connectivity index (χ1) is 36.1. The molecule has 0 amide bonds. The third-order valence-corrected chi connectivity index (χ3v) is 13.5. The van der Waals surface area contributed by atoms with Crippen molar-refractivity contribution in [1.82, 2.24) is 15.0 Å². The molecule has 350 valence electrons. The summed E-state index contributed by atoms with van der Waals surface area (Å²) in [6.45, 7) is 2.06. The van der Waals surface area contributed by atoms with Gasteiger partial charge in [0, 0.05) is 18.6 Å². The summed E-state index contributed by atoms with van der Waals surface area (Å²) in [6.07, 6.45) is 5.61. The van der Waals surface area contributed by atoms with Crippen molar-refractivity contribution in [1.29, 1.82) is 0 Å². The maximum atomic E-state index is 4.80. The van der Waals surface area contributed by atoms with Crippen LogP contribution in [0, 0.1) is 25.1 Å². The molecule has 0 bridgehead atoms. The largest absolute Gasteiger partial charge is 3.00 e. The molecule has 0 aliphatic rings. The van der Waals surface area contributed by atoms with Gasteiger partial charge in [-0.15, -0.1) is 89.5 Å². The summed E-state index contributed by atoms with van der Waals surface area (Å²) in [5.74, 6) is 0. The van der Waals surface area contributed by atoms with Crippen LogP contribution in [-0.4, -0.2) is 15.0 Å². The Kier molecular flexibility index (Phi) is 13.7. The average Bonchev–Trinajstić information content (AvgIpc) is 3.48. The van der Waals surface area contributed by atoms with Crippen LogP contribution < -0.4 is 0 Å². The van der Waals surface area contributed by atoms with Crippen LogP contribution in [-0.2, 0) is 20.1 Å². The SMILES string of the molecule is Cc1ccc(-c2[c-]cc(-c3ccccc3-c3cc(-c4ccccc4-c4c[c-]c(-c5ccccn5)cc4)cc(-c4ccccc4-c4c[c-]c(-c5cc(-c6ccc(-c7ccccc7)cc6)ccn5)cc4)c3)cc2)nc1.[Ir+3]. The van der Waals surface area contributed by atoms with E-state index in [1.807, 2.05) is 42.9 Å². The van der Waals surface area contributed by atoms with E-state index in [2.05, 4.69) is 253 Å². The molecule has 0 fully saturated rings. The van der Waals surface area contributed by atoms with Crippen molar-refractivity contribution in [2.75, 3.05) is 0 Å². The predicted octanol–water partition coefficient (Wildman–Crippen LogP) is 17.9. The zero-order valence-corrected chi connectivity index (χ0v) is 42.9. The minimum absolute atomic E-state index is 0. The smallest absolute Gasteiger partial charge is 0.305 e. The van der Waals surface area contributed by atoms with E-state index in [9.17, 15) is 0 Å². The van der Waals surface area contributed by atoms with Crippen LogP contribution in [0.25, 0.3) is 123 Å². The van der Waals surface area contributed by atoms with E-state index in [4.69, 9.17) is 4.98 Å². The molecule has 4 heteroatoms. The summed E-state index contributed by atoms with van der Waals surface area (Å²) in [4.78, 5) is 14.0. The van der Waals surface area contributed by atoms with Crippen LogP contribution >= 0.6 is 0 Å². The first-order valence-corrected chi connectivity index (χ1v) is 24.5. The fourth-order valence-electron chi connectivity index (χ4n) is 9.70. The van der Waals surface area contributed by atoms with Gasteiger partial charge in [0.25, 0.3) is 0 Å². The Bertz CT molecular complexity index is 3850. The molecule has 0 atom stereocenters. The van der Waals surface area contributed by atoms with Gasteiger partial charge < -0.3 is 15.0 Å². The molecule has 3 nitrogen and oxygen atoms in total. The Morgan fingerprint density at radius 2 is 0.662 bits per heavy atom. The third kappa shape index (κ3) is 9.98. The van der Waals surface area contributed by atoms with Gasteiger partial charge in [0.2, 0.25) is 0 Å². The monoisotopic (exact) mass is 1120 g/mol. The maximum absolute atomic E-state index is 4.80. The molecule has 3 aromatic heterocycles. The second-order valence-corrected chi connectivity index (χ2v) is 18.2. The van der Waals surface area contributed by atoms with E-state index >= 15 is 0 Å². The minimum Gasteiger partial charge on any atom is -0.305 e. The van der Waals surface area contributed by atoms with Gasteiger partial charge in [-0.25, -0.2) is 0 Å². The van der Waals surface area contributed by atoms with Crippen LogP contribution in [0.3, 0.4) is 0 Å². The molecule has 0 unspecified atom stereocenters. The number of rotatable bonds is 11. The van der Waals surface area contributed by atoms with Gasteiger partial charge in [0.1, 0.15) is 0 Å². The standard InChI is InChI=1S/C70H46N3.Ir/c1-48-22-39-69(73-47-48)56-35-29-53(30-36-56)63-16-6-9-19-66(63)60-43-59(65-18-8-5-15-62(65)52-27-33-55(34-28-52)68-21-11-12-41-71-68)44-61(45-60)67-20-10-7-17-64(67)54-31-37-57(38-32-54)70-46-58(40-42-72-70)51-25-23-50(24-26-51)49-13-3-2-4-14-49;/h2-33,35,37,39-47H,1H3;/q-3;+3. The third-order valence-electron chi connectivity index (χ3n) is 13.5. The molecule has 0 spiro atoms. The summed E-state index contributed by atoms with van der Waals surface area (Å²) in [6, 6.07) is 96.5. The van der Waals surface area contributed by atoms with Gasteiger partial charge in [-0.3, -0.25) is 0 Å². The van der Waals surface area contributed by atoms with E-state index < -0.39 is 0 Å². The quantitative estimate of drug-likeness (QED) is 0.121. The molecule has 0 saturated carbocycles. The Morgan fingerprint density at radius 3 is 1.09 bits per heavy atom. The first kappa shape index (κ1) is 47.4. The normalized spacial score (nSPS) is 10.9. The van der Waals surface area contributed by atoms with Gasteiger partial charge in [0.15, 0.2) is 0 Å². The number of hydrogen-bond donors (Lipinski definition) is 0. The topological polar surface area (TPSA) is 38.7 Å². The van der Waals surface area contributed by atoms with E-state index in [0.29, 0.717) is 0 Å². The van der Waals surface area contributed by atoms with Crippen LogP contribution in [0.2, 0.25) is 0 Å². The summed E-state index contributed by atoms with van der Waals surface area (Å²) < 4.78 is 0. The summed E-state index contributed by atoms with van der Waals surface area (Å²) >= 11 is 0. The van der Waals surface area contributed by atoms with E-state index in [1.54, 1.807) is 0 Å². The summed E-state index contributed by atoms with van der Waals surface area (Å²) in [7, 11) is 0. The van der Waals surface area contributed by atoms with Gasteiger partial charge in [-0.1, -0.05) is 191 Å². The van der Waals surface area contributed by atoms with E-state index in [0.717, 1.165) is 117 Å². The van der Waals surface area contributed by atoms with Gasteiger partial charge in [-0.2, -0.15) is 0 Å². The van der Waals surface area contributed by atoms with E-state index in [1.165, 1.54) is 11.1 Å². The molecule has 3 heterocycles. The fourth-order valence-corrected chi connectivity index (χ4v) is 9.70. The van der Waals surface area contributed by atoms with Gasteiger partial charge in [0.05, 0.1) is 0 Å². The van der Waals surface area contributed by atoms with Gasteiger partial charge in [-0.05, 0) is 116 Å².